The fourth-order valence-electron chi connectivity index (χ4n) is 1.76. The molecule has 88 valence electrons. The smallest absolute Gasteiger partial charge is 0.336 e. The number of nitrogens with zero attached hydrogens (tertiary/aromatic N) is 1. The van der Waals surface area contributed by atoms with Crippen LogP contribution in [0, 0.1) is 5.92 Å². The van der Waals surface area contributed by atoms with E-state index in [0.717, 1.165) is 13.0 Å². The Morgan fingerprint density at radius 2 is 2.20 bits per heavy atom. The first-order valence-electron chi connectivity index (χ1n) is 5.19. The highest BCUT2D eigenvalue weighted by molar-refractivity contribution is 5.76. The number of β-amino-alcohol motifs (C(OH)–C–C–N with tert-alkyl or cyclic N) is 2. The van der Waals surface area contributed by atoms with Crippen molar-refractivity contribution in [2.45, 2.75) is 32.0 Å². The molecule has 1 aliphatic heterocycles. The van der Waals surface area contributed by atoms with E-state index in [2.05, 4.69) is 0 Å². The molecule has 0 bridgehead atoms. The topological polar surface area (TPSA) is 81.0 Å². The summed E-state index contributed by atoms with van der Waals surface area (Å²) in [6, 6.07) is 0. The number of carboxylic acids is 1. The summed E-state index contributed by atoms with van der Waals surface area (Å²) in [5.41, 5.74) is -1.74. The van der Waals surface area contributed by atoms with Gasteiger partial charge in [-0.15, -0.1) is 0 Å². The second kappa shape index (κ2) is 4.47. The van der Waals surface area contributed by atoms with E-state index in [1.807, 2.05) is 6.92 Å². The molecule has 3 unspecified atom stereocenters. The van der Waals surface area contributed by atoms with Crippen molar-refractivity contribution in [2.24, 2.45) is 5.92 Å². The highest BCUT2D eigenvalue weighted by Gasteiger charge is 2.35. The van der Waals surface area contributed by atoms with Gasteiger partial charge in [0.1, 0.15) is 0 Å². The minimum Gasteiger partial charge on any atom is -0.479 e. The predicted molar refractivity (Wildman–Crippen MR) is 54.5 cm³/mol. The lowest BCUT2D eigenvalue weighted by Gasteiger charge is -2.36. The molecule has 15 heavy (non-hydrogen) atoms. The van der Waals surface area contributed by atoms with Gasteiger partial charge in [0.2, 0.25) is 0 Å². The molecular weight excluding hydrogens is 198 g/mol. The van der Waals surface area contributed by atoms with Crippen LogP contribution < -0.4 is 0 Å². The van der Waals surface area contributed by atoms with Gasteiger partial charge in [0.25, 0.3) is 0 Å². The summed E-state index contributed by atoms with van der Waals surface area (Å²) < 4.78 is 0. The minimum absolute atomic E-state index is 0.0616. The van der Waals surface area contributed by atoms with Gasteiger partial charge >= 0.3 is 5.97 Å². The fourth-order valence-corrected chi connectivity index (χ4v) is 1.76. The zero-order chi connectivity index (χ0) is 11.6. The Balaban J connectivity index is 2.50. The molecule has 0 aromatic carbocycles. The van der Waals surface area contributed by atoms with Gasteiger partial charge in [-0.25, -0.2) is 4.79 Å². The molecule has 1 heterocycles. The summed E-state index contributed by atoms with van der Waals surface area (Å²) >= 11 is 0. The lowest BCUT2D eigenvalue weighted by atomic mass is 9.94. The monoisotopic (exact) mass is 217 g/mol. The second-order valence-electron chi connectivity index (χ2n) is 4.65. The average Bonchev–Trinajstić information content (AvgIpc) is 2.10. The van der Waals surface area contributed by atoms with Crippen LogP contribution in [0.4, 0.5) is 0 Å². The van der Waals surface area contributed by atoms with Gasteiger partial charge in [0.05, 0.1) is 6.10 Å². The molecule has 1 aliphatic rings. The van der Waals surface area contributed by atoms with E-state index in [9.17, 15) is 15.0 Å². The normalized spacial score (nSPS) is 32.3. The predicted octanol–water partition coefficient (Wildman–Crippen LogP) is -0.475. The van der Waals surface area contributed by atoms with E-state index < -0.39 is 17.7 Å². The van der Waals surface area contributed by atoms with Crippen molar-refractivity contribution in [2.75, 3.05) is 19.6 Å². The number of aliphatic hydroxyl groups is 2. The Morgan fingerprint density at radius 1 is 1.60 bits per heavy atom. The third kappa shape index (κ3) is 3.15. The molecule has 5 heteroatoms. The molecule has 1 saturated heterocycles. The molecule has 0 radical (unpaired) electrons. The number of carboxylic acid groups (broad SMARTS) is 1. The molecule has 0 spiro atoms. The van der Waals surface area contributed by atoms with E-state index in [-0.39, 0.29) is 12.5 Å². The van der Waals surface area contributed by atoms with Crippen LogP contribution in [0.3, 0.4) is 0 Å². The van der Waals surface area contributed by atoms with Crippen molar-refractivity contribution in [3.63, 3.8) is 0 Å². The second-order valence-corrected chi connectivity index (χ2v) is 4.65. The van der Waals surface area contributed by atoms with Crippen LogP contribution in [0.5, 0.6) is 0 Å². The largest absolute Gasteiger partial charge is 0.479 e. The molecule has 1 fully saturated rings. The van der Waals surface area contributed by atoms with Gasteiger partial charge in [-0.1, -0.05) is 6.92 Å². The fraction of sp³-hybridized carbons (Fsp3) is 0.900. The Kier molecular flexibility index (Phi) is 3.70. The van der Waals surface area contributed by atoms with Crippen molar-refractivity contribution in [3.8, 4) is 0 Å². The van der Waals surface area contributed by atoms with Crippen molar-refractivity contribution < 1.29 is 20.1 Å². The molecule has 1 rings (SSSR count). The maximum Gasteiger partial charge on any atom is 0.336 e. The molecule has 5 nitrogen and oxygen atoms in total. The first-order chi connectivity index (χ1) is 6.83. The lowest BCUT2D eigenvalue weighted by molar-refractivity contribution is -0.159. The highest BCUT2D eigenvalue weighted by atomic mass is 16.4. The SMILES string of the molecule is CC1CCN(CC(C)(O)C(=O)O)CC1O. The number of carbonyl (C=O) groups is 1. The van der Waals surface area contributed by atoms with Crippen LogP contribution in [-0.4, -0.2) is 57.5 Å². The zero-order valence-electron chi connectivity index (χ0n) is 9.18. The van der Waals surface area contributed by atoms with Gasteiger partial charge < -0.3 is 15.3 Å². The van der Waals surface area contributed by atoms with E-state index >= 15 is 0 Å². The molecule has 0 amide bonds. The maximum atomic E-state index is 10.7. The molecule has 0 aromatic heterocycles. The van der Waals surface area contributed by atoms with Crippen molar-refractivity contribution in [1.29, 1.82) is 0 Å². The quantitative estimate of drug-likeness (QED) is 0.595. The first kappa shape index (κ1) is 12.4. The first-order valence-corrected chi connectivity index (χ1v) is 5.19. The number of hydrogen-bond donors (Lipinski definition) is 3. The van der Waals surface area contributed by atoms with Crippen LogP contribution in [0.2, 0.25) is 0 Å². The molecule has 0 aromatic rings. The third-order valence-corrected chi connectivity index (χ3v) is 2.99. The van der Waals surface area contributed by atoms with E-state index in [1.54, 1.807) is 4.90 Å². The van der Waals surface area contributed by atoms with E-state index in [4.69, 9.17) is 5.11 Å². The maximum absolute atomic E-state index is 10.7. The summed E-state index contributed by atoms with van der Waals surface area (Å²) in [5, 5.41) is 27.9. The third-order valence-electron chi connectivity index (χ3n) is 2.99. The molecule has 0 saturated carbocycles. The van der Waals surface area contributed by atoms with Crippen molar-refractivity contribution in [3.05, 3.63) is 0 Å². The van der Waals surface area contributed by atoms with Gasteiger partial charge in [-0.3, -0.25) is 4.90 Å². The summed E-state index contributed by atoms with van der Waals surface area (Å²) in [6.45, 7) is 4.47. The molecule has 3 N–H and O–H groups in total. The van der Waals surface area contributed by atoms with Crippen LogP contribution in [0.25, 0.3) is 0 Å². The average molecular weight is 217 g/mol. The Morgan fingerprint density at radius 3 is 2.67 bits per heavy atom. The highest BCUT2D eigenvalue weighted by Crippen LogP contribution is 2.18. The molecular formula is C10H19NO4. The minimum atomic E-state index is -1.74. The van der Waals surface area contributed by atoms with Crippen molar-refractivity contribution in [1.82, 2.24) is 4.90 Å². The summed E-state index contributed by atoms with van der Waals surface area (Å²) in [4.78, 5) is 12.5. The number of aliphatic hydroxyl groups excluding tert-OH is 1. The summed E-state index contributed by atoms with van der Waals surface area (Å²) in [7, 11) is 0. The number of aliphatic carboxylic acids is 1. The number of rotatable bonds is 3. The number of hydrogen-bond acceptors (Lipinski definition) is 4. The van der Waals surface area contributed by atoms with Gasteiger partial charge in [-0.2, -0.15) is 0 Å². The lowest BCUT2D eigenvalue weighted by Crippen LogP contribution is -2.52. The van der Waals surface area contributed by atoms with E-state index in [0.29, 0.717) is 6.54 Å². The summed E-state index contributed by atoms with van der Waals surface area (Å²) in [6.07, 6.45) is 0.403. The van der Waals surface area contributed by atoms with E-state index in [1.165, 1.54) is 6.92 Å². The Hall–Kier alpha value is -0.650. The molecule has 0 aliphatic carbocycles. The van der Waals surface area contributed by atoms with Crippen LogP contribution in [0.15, 0.2) is 0 Å². The van der Waals surface area contributed by atoms with Crippen LogP contribution in [0.1, 0.15) is 20.3 Å². The Labute approximate surface area is 89.3 Å². The number of piperidine rings is 1. The standard InChI is InChI=1S/C10H19NO4/c1-7-3-4-11(5-8(7)12)6-10(2,15)9(13)14/h7-8,12,15H,3-6H2,1-2H3,(H,13,14). The van der Waals surface area contributed by atoms with Gasteiger partial charge in [0, 0.05) is 13.1 Å². The molecule has 3 atom stereocenters. The number of likely N-dealkylation sites (tertiary alicyclic amines) is 1. The zero-order valence-corrected chi connectivity index (χ0v) is 9.18. The summed E-state index contributed by atoms with van der Waals surface area (Å²) in [5.74, 6) is -0.980. The van der Waals surface area contributed by atoms with Gasteiger partial charge in [-0.05, 0) is 25.8 Å². The Bertz CT molecular complexity index is 242. The van der Waals surface area contributed by atoms with Crippen molar-refractivity contribution >= 4 is 5.97 Å². The van der Waals surface area contributed by atoms with Crippen LogP contribution in [-0.2, 0) is 4.79 Å². The van der Waals surface area contributed by atoms with Gasteiger partial charge in [0.15, 0.2) is 5.60 Å². The van der Waals surface area contributed by atoms with Crippen LogP contribution >= 0.6 is 0 Å².